The summed E-state index contributed by atoms with van der Waals surface area (Å²) in [5.41, 5.74) is 7.51. The molecule has 0 N–H and O–H groups in total. The van der Waals surface area contributed by atoms with Crippen LogP contribution < -0.4 is 0 Å². The second-order valence-corrected chi connectivity index (χ2v) is 5.22. The highest BCUT2D eigenvalue weighted by molar-refractivity contribution is 6.30. The largest absolute Gasteiger partial charge is 0.289 e. The molecule has 0 amide bonds. The molecular weight excluding hydrogens is 224 g/mol. The van der Waals surface area contributed by atoms with Crippen LogP contribution in [0.4, 0.5) is 0 Å². The molecule has 0 unspecified atom stereocenters. The van der Waals surface area contributed by atoms with Crippen molar-refractivity contribution in [2.24, 2.45) is 0 Å². The van der Waals surface area contributed by atoms with E-state index in [1.807, 2.05) is 12.1 Å². The lowest BCUT2D eigenvalue weighted by Gasteiger charge is -2.16. The van der Waals surface area contributed by atoms with Crippen molar-refractivity contribution in [3.8, 4) is 0 Å². The van der Waals surface area contributed by atoms with Gasteiger partial charge in [0.1, 0.15) is 0 Å². The summed E-state index contributed by atoms with van der Waals surface area (Å²) in [5.74, 6) is 0.0901. The minimum atomic E-state index is 0.0450. The van der Waals surface area contributed by atoms with Gasteiger partial charge in [-0.25, -0.2) is 0 Å². The van der Waals surface area contributed by atoms with Crippen LogP contribution in [0.5, 0.6) is 0 Å². The topological polar surface area (TPSA) is 34.1 Å². The molecule has 0 spiro atoms. The van der Waals surface area contributed by atoms with Crippen LogP contribution in [0.2, 0.25) is 0 Å². The van der Waals surface area contributed by atoms with E-state index in [1.165, 1.54) is 11.1 Å². The lowest BCUT2D eigenvalue weighted by atomic mass is 9.83. The molecule has 0 heterocycles. The zero-order valence-corrected chi connectivity index (χ0v) is 9.54. The van der Waals surface area contributed by atoms with E-state index in [2.05, 4.69) is 0 Å². The smallest absolute Gasteiger partial charge is 0.194 e. The molecule has 3 aliphatic rings. The third-order valence-corrected chi connectivity index (χ3v) is 4.27. The molecule has 0 fully saturated rings. The van der Waals surface area contributed by atoms with E-state index in [-0.39, 0.29) is 11.6 Å². The number of hydrogen-bond donors (Lipinski definition) is 0. The predicted molar refractivity (Wildman–Crippen MR) is 65.4 cm³/mol. The van der Waals surface area contributed by atoms with Crippen molar-refractivity contribution in [1.82, 2.24) is 0 Å². The number of rotatable bonds is 0. The van der Waals surface area contributed by atoms with Gasteiger partial charge in [0.05, 0.1) is 0 Å². The van der Waals surface area contributed by atoms with Crippen LogP contribution in [0.15, 0.2) is 24.3 Å². The Bertz CT molecular complexity index is 744. The lowest BCUT2D eigenvalue weighted by Crippen LogP contribution is -2.21. The SMILES string of the molecule is O=C1c2ccccc2C(=O)c2c3c(c4c(c21)C4)C3. The number of carbonyl (C=O) groups excluding carboxylic acids is 2. The van der Waals surface area contributed by atoms with Gasteiger partial charge in [-0.2, -0.15) is 0 Å². The van der Waals surface area contributed by atoms with E-state index >= 15 is 0 Å². The fourth-order valence-electron chi connectivity index (χ4n) is 3.27. The van der Waals surface area contributed by atoms with Crippen LogP contribution in [-0.4, -0.2) is 11.6 Å². The van der Waals surface area contributed by atoms with E-state index in [9.17, 15) is 9.59 Å². The number of carbonyl (C=O) groups is 2. The number of ketones is 2. The molecule has 3 aliphatic carbocycles. The Morgan fingerprint density at radius 3 is 1.56 bits per heavy atom. The quantitative estimate of drug-likeness (QED) is 0.410. The predicted octanol–water partition coefficient (Wildman–Crippen LogP) is 2.27. The molecule has 0 bridgehead atoms. The molecule has 0 saturated heterocycles. The van der Waals surface area contributed by atoms with Gasteiger partial charge in [0.25, 0.3) is 0 Å². The van der Waals surface area contributed by atoms with Crippen LogP contribution >= 0.6 is 0 Å². The maximum Gasteiger partial charge on any atom is 0.194 e. The molecule has 2 aromatic rings. The first-order chi connectivity index (χ1) is 8.77. The summed E-state index contributed by atoms with van der Waals surface area (Å²) in [6, 6.07) is 7.17. The van der Waals surface area contributed by atoms with Gasteiger partial charge >= 0.3 is 0 Å². The normalized spacial score (nSPS) is 16.7. The van der Waals surface area contributed by atoms with Gasteiger partial charge in [-0.1, -0.05) is 24.3 Å². The molecule has 0 aliphatic heterocycles. The van der Waals surface area contributed by atoms with Crippen molar-refractivity contribution in [3.05, 3.63) is 68.8 Å². The molecule has 0 aromatic heterocycles. The molecule has 5 rings (SSSR count). The highest BCUT2D eigenvalue weighted by Gasteiger charge is 2.45. The maximum atomic E-state index is 12.5. The van der Waals surface area contributed by atoms with E-state index in [0.717, 1.165) is 24.0 Å². The van der Waals surface area contributed by atoms with Gasteiger partial charge in [0.15, 0.2) is 11.6 Å². The summed E-state index contributed by atoms with van der Waals surface area (Å²) >= 11 is 0. The van der Waals surface area contributed by atoms with Crippen molar-refractivity contribution in [2.75, 3.05) is 0 Å². The van der Waals surface area contributed by atoms with Crippen molar-refractivity contribution >= 4 is 11.6 Å². The minimum absolute atomic E-state index is 0.0450. The first-order valence-electron chi connectivity index (χ1n) is 6.15. The van der Waals surface area contributed by atoms with Crippen LogP contribution in [0.25, 0.3) is 0 Å². The van der Waals surface area contributed by atoms with Crippen LogP contribution in [0.1, 0.15) is 54.1 Å². The summed E-state index contributed by atoms with van der Waals surface area (Å²) < 4.78 is 0. The second-order valence-electron chi connectivity index (χ2n) is 5.22. The fraction of sp³-hybridized carbons (Fsp3) is 0.125. The molecule has 2 nitrogen and oxygen atoms in total. The molecule has 2 aromatic carbocycles. The monoisotopic (exact) mass is 232 g/mol. The Labute approximate surface area is 103 Å². The van der Waals surface area contributed by atoms with Gasteiger partial charge < -0.3 is 0 Å². The third kappa shape index (κ3) is 0.808. The standard InChI is InChI=1S/C16H8O2/c17-15-7-3-1-2-4-8(7)16(18)14-12-6-10(12)9-5-11(9)13(14)15/h1-4H,5-6H2. The van der Waals surface area contributed by atoms with Gasteiger partial charge in [0.2, 0.25) is 0 Å². The van der Waals surface area contributed by atoms with Gasteiger partial charge in [-0.15, -0.1) is 0 Å². The molecule has 84 valence electrons. The number of hydrogen-bond acceptors (Lipinski definition) is 2. The average molecular weight is 232 g/mol. The maximum absolute atomic E-state index is 12.5. The molecular formula is C16H8O2. The Morgan fingerprint density at radius 2 is 1.11 bits per heavy atom. The minimum Gasteiger partial charge on any atom is -0.289 e. The van der Waals surface area contributed by atoms with E-state index in [4.69, 9.17) is 0 Å². The Balaban J connectivity index is 1.93. The highest BCUT2D eigenvalue weighted by Crippen LogP contribution is 2.50. The molecule has 0 radical (unpaired) electrons. The van der Waals surface area contributed by atoms with Crippen LogP contribution in [0, 0.1) is 0 Å². The zero-order valence-electron chi connectivity index (χ0n) is 9.54. The van der Waals surface area contributed by atoms with Crippen LogP contribution in [0.3, 0.4) is 0 Å². The number of fused-ring (bicyclic) bond motifs is 7. The van der Waals surface area contributed by atoms with Crippen molar-refractivity contribution < 1.29 is 9.59 Å². The summed E-state index contributed by atoms with van der Waals surface area (Å²) in [6.45, 7) is 0. The van der Waals surface area contributed by atoms with Crippen molar-refractivity contribution in [1.29, 1.82) is 0 Å². The van der Waals surface area contributed by atoms with Gasteiger partial charge in [0, 0.05) is 22.3 Å². The molecule has 0 atom stereocenters. The molecule has 0 saturated carbocycles. The summed E-state index contributed by atoms with van der Waals surface area (Å²) in [7, 11) is 0. The summed E-state index contributed by atoms with van der Waals surface area (Å²) in [6.07, 6.45) is 1.83. The Morgan fingerprint density at radius 1 is 0.667 bits per heavy atom. The number of benzene rings is 2. The van der Waals surface area contributed by atoms with E-state index in [0.29, 0.717) is 22.3 Å². The zero-order chi connectivity index (χ0) is 12.0. The third-order valence-electron chi connectivity index (χ3n) is 4.27. The Hall–Kier alpha value is -2.22. The van der Waals surface area contributed by atoms with E-state index in [1.54, 1.807) is 12.1 Å². The molecule has 2 heteroatoms. The summed E-state index contributed by atoms with van der Waals surface area (Å²) in [4.78, 5) is 25.1. The Kier molecular flexibility index (Phi) is 1.20. The highest BCUT2D eigenvalue weighted by atomic mass is 16.1. The lowest BCUT2D eigenvalue weighted by molar-refractivity contribution is 0.0979. The first-order valence-corrected chi connectivity index (χ1v) is 6.15. The second kappa shape index (κ2) is 2.46. The van der Waals surface area contributed by atoms with Crippen molar-refractivity contribution in [3.63, 3.8) is 0 Å². The fourth-order valence-corrected chi connectivity index (χ4v) is 3.27. The van der Waals surface area contributed by atoms with Crippen molar-refractivity contribution in [2.45, 2.75) is 12.8 Å². The van der Waals surface area contributed by atoms with Gasteiger partial charge in [-0.05, 0) is 35.1 Å². The molecule has 18 heavy (non-hydrogen) atoms. The van der Waals surface area contributed by atoms with Crippen LogP contribution in [-0.2, 0) is 12.8 Å². The van der Waals surface area contributed by atoms with Gasteiger partial charge in [-0.3, -0.25) is 9.59 Å². The average Bonchev–Trinajstić information content (AvgIpc) is 3.24. The summed E-state index contributed by atoms with van der Waals surface area (Å²) in [5, 5.41) is 0. The first kappa shape index (κ1) is 8.81. The van der Waals surface area contributed by atoms with E-state index < -0.39 is 0 Å².